The van der Waals surface area contributed by atoms with Gasteiger partial charge in [-0.15, -0.1) is 0 Å². The first-order valence-corrected chi connectivity index (χ1v) is 27.7. The minimum absolute atomic E-state index is 0.0837. The fourth-order valence-corrected chi connectivity index (χ4v) is 12.8. The zero-order chi connectivity index (χ0) is 52.6. The number of pyridine rings is 1. The summed E-state index contributed by atoms with van der Waals surface area (Å²) in [5.41, 5.74) is 23.3. The van der Waals surface area contributed by atoms with Gasteiger partial charge in [-0.2, -0.15) is 0 Å². The maximum absolute atomic E-state index is 6.82. The van der Waals surface area contributed by atoms with Gasteiger partial charge in [0.15, 0.2) is 0 Å². The number of aromatic nitrogens is 4. The zero-order valence-electron chi connectivity index (χ0n) is 43.7. The second-order valence-corrected chi connectivity index (χ2v) is 22.4. The quantitative estimate of drug-likeness (QED) is 0.135. The summed E-state index contributed by atoms with van der Waals surface area (Å²) in [7, 11) is 0. The van der Waals surface area contributed by atoms with E-state index in [1.54, 1.807) is 0 Å². The molecule has 10 aromatic carbocycles. The predicted octanol–water partition coefficient (Wildman–Crippen LogP) is 18.2. The fraction of sp³-hybridized carbons (Fsp3) is 0.0833. The molecule has 0 radical (unpaired) electrons. The molecule has 0 fully saturated rings. The molecule has 6 heteroatoms. The van der Waals surface area contributed by atoms with Crippen molar-refractivity contribution in [2.45, 2.75) is 39.5 Å². The summed E-state index contributed by atoms with van der Waals surface area (Å²) in [6.07, 6.45) is 2.82. The third kappa shape index (κ3) is 8.11. The normalized spacial score (nSPS) is 12.1. The van der Waals surface area contributed by atoms with Crippen LogP contribution in [0.5, 0.6) is 11.5 Å². The minimum Gasteiger partial charge on any atom is -0.0579 e. The number of imidazole rings is 1. The van der Waals surface area contributed by atoms with E-state index in [4.69, 9.17) is 9.72 Å². The molecular formula is C72H52N4OPt-2. The average Bonchev–Trinajstić information content (AvgIpc) is 4.31. The molecule has 3 heterocycles. The molecule has 0 spiro atoms. The predicted molar refractivity (Wildman–Crippen MR) is 316 cm³/mol. The second-order valence-electron chi connectivity index (χ2n) is 21.3. The summed E-state index contributed by atoms with van der Waals surface area (Å²) in [6.45, 7) is 8.91. The van der Waals surface area contributed by atoms with E-state index >= 15 is 0 Å². The average molecular weight is 1180 g/mol. The van der Waals surface area contributed by atoms with E-state index in [1.165, 1.54) is 50.1 Å². The number of rotatable bonds is 9. The number of ether oxygens (including phenoxy) is 1. The van der Waals surface area contributed by atoms with E-state index in [9.17, 15) is 0 Å². The monoisotopic (exact) mass is 1180 g/mol. The summed E-state index contributed by atoms with van der Waals surface area (Å²) in [5, 5.41) is 2.20. The van der Waals surface area contributed by atoms with Crippen molar-refractivity contribution in [3.8, 4) is 84.3 Å². The van der Waals surface area contributed by atoms with Crippen LogP contribution in [-0.4, -0.2) is 18.7 Å². The molecule has 78 heavy (non-hydrogen) atoms. The van der Waals surface area contributed by atoms with Crippen LogP contribution in [0.25, 0.3) is 106 Å². The molecule has 14 rings (SSSR count). The summed E-state index contributed by atoms with van der Waals surface area (Å²) >= 11 is 2.53. The first-order valence-electron chi connectivity index (χ1n) is 26.6. The molecule has 0 bridgehead atoms. The van der Waals surface area contributed by atoms with Crippen LogP contribution < -0.4 is 4.74 Å². The van der Waals surface area contributed by atoms with Gasteiger partial charge < -0.3 is 0 Å². The van der Waals surface area contributed by atoms with E-state index in [0.717, 1.165) is 88.1 Å². The molecule has 0 unspecified atom stereocenters. The summed E-state index contributed by atoms with van der Waals surface area (Å²) in [4.78, 5) is 5.12. The number of benzene rings is 10. The van der Waals surface area contributed by atoms with Crippen LogP contribution in [0.4, 0.5) is 0 Å². The Bertz CT molecular complexity index is 4540. The zero-order valence-corrected chi connectivity index (χ0v) is 45.9. The van der Waals surface area contributed by atoms with Crippen LogP contribution in [0.15, 0.2) is 231 Å². The third-order valence-corrected chi connectivity index (χ3v) is 16.5. The molecule has 0 amide bonds. The van der Waals surface area contributed by atoms with Crippen LogP contribution in [0.3, 0.4) is 0 Å². The van der Waals surface area contributed by atoms with Crippen molar-refractivity contribution in [1.82, 2.24) is 18.7 Å². The van der Waals surface area contributed by atoms with Gasteiger partial charge in [0.25, 0.3) is 0 Å². The summed E-state index contributed by atoms with van der Waals surface area (Å²) in [6, 6.07) is 88.0. The Kier molecular flexibility index (Phi) is 11.6. The van der Waals surface area contributed by atoms with Gasteiger partial charge in [-0.1, -0.05) is 63.2 Å². The van der Waals surface area contributed by atoms with Crippen LogP contribution in [0, 0.1) is 22.9 Å². The Morgan fingerprint density at radius 1 is 0.487 bits per heavy atom. The molecule has 1 aliphatic rings. The minimum atomic E-state index is 0.0837. The van der Waals surface area contributed by atoms with Crippen molar-refractivity contribution in [3.05, 3.63) is 269 Å². The number of hydrogen-bond acceptors (Lipinski definition) is 2. The van der Waals surface area contributed by atoms with Crippen molar-refractivity contribution in [2.24, 2.45) is 0 Å². The van der Waals surface area contributed by atoms with Crippen molar-refractivity contribution < 1.29 is 24.1 Å². The number of aryl methyl sites for hydroxylation is 1. The van der Waals surface area contributed by atoms with Gasteiger partial charge in [-0.25, -0.2) is 0 Å². The van der Waals surface area contributed by atoms with E-state index < -0.39 is 0 Å². The molecule has 0 saturated carbocycles. The standard InChI is InChI=1S/C72H52N4O.Pt/c1-47-39-69(73-45-64(47)50-31-34-54(35-32-50)72(2,3)4)76-65-28-15-14-27-59(65)60-38-36-57(43-68(60)76)77-56-26-18-25-55(42-56)74-46-75(67-30-17-16-29-66(67)74)71-61(49-21-10-6-11-22-49)44-62-58-37-33-52(48-19-8-5-9-20-48)40-53(58)41-63(62)70(71)51-23-12-7-13-24-51;/h5-40,44-45H,41H2,1-4H3;/q-2;. The van der Waals surface area contributed by atoms with Gasteiger partial charge in [-0.05, 0) is 29.0 Å². The molecular weight excluding hydrogens is 1130 g/mol. The smallest absolute Gasteiger partial charge is 0.0579 e. The molecule has 13 aromatic rings. The van der Waals surface area contributed by atoms with Gasteiger partial charge in [-0.3, -0.25) is 0 Å². The topological polar surface area (TPSA) is 36.9 Å². The number of nitrogens with zero attached hydrogens (tertiary/aromatic N) is 4. The van der Waals surface area contributed by atoms with Crippen molar-refractivity contribution in [3.63, 3.8) is 0 Å². The Morgan fingerprint density at radius 2 is 1.12 bits per heavy atom. The Labute approximate surface area is 465 Å². The summed E-state index contributed by atoms with van der Waals surface area (Å²) < 4.78 is 14.8. The van der Waals surface area contributed by atoms with Crippen LogP contribution in [0.1, 0.15) is 43.0 Å². The Morgan fingerprint density at radius 3 is 1.83 bits per heavy atom. The first-order chi connectivity index (χ1) is 38.1. The summed E-state index contributed by atoms with van der Waals surface area (Å²) in [5.74, 6) is 2.00. The molecule has 0 saturated heterocycles. The second kappa shape index (κ2) is 19.0. The molecule has 0 atom stereocenters. The van der Waals surface area contributed by atoms with Gasteiger partial charge in [0.2, 0.25) is 0 Å². The van der Waals surface area contributed by atoms with Gasteiger partial charge in [0.05, 0.1) is 0 Å². The SMILES string of the molecule is Cc1cc(-n2c3[c-]c(Oc4[c-]c(-n5[c](=[Pt])n(-c6c(-c7ccccc7)cc7c(c6-c6ccccc6)Cc6cc(-c8ccccc8)ccc6-7)c6ccccc65)ccc4)ccc3c3ccccc32)ncc1-c1ccc(C(C)(C)C)cc1. The van der Waals surface area contributed by atoms with Crippen LogP contribution in [0.2, 0.25) is 0 Å². The Hall–Kier alpha value is -8.89. The van der Waals surface area contributed by atoms with Crippen LogP contribution in [-0.2, 0) is 31.2 Å². The molecule has 0 N–H and O–H groups in total. The number of hydrogen-bond donors (Lipinski definition) is 0. The third-order valence-electron chi connectivity index (χ3n) is 15.5. The molecule has 0 aliphatic heterocycles. The number of para-hydroxylation sites is 3. The van der Waals surface area contributed by atoms with Gasteiger partial charge >= 0.3 is 364 Å². The van der Waals surface area contributed by atoms with Gasteiger partial charge in [0.1, 0.15) is 0 Å². The van der Waals surface area contributed by atoms with Crippen molar-refractivity contribution in [2.75, 3.05) is 0 Å². The maximum atomic E-state index is 6.82. The van der Waals surface area contributed by atoms with Crippen molar-refractivity contribution in [1.29, 1.82) is 0 Å². The van der Waals surface area contributed by atoms with Gasteiger partial charge in [0, 0.05) is 11.8 Å². The molecule has 5 nitrogen and oxygen atoms in total. The van der Waals surface area contributed by atoms with Crippen molar-refractivity contribution >= 4 is 32.8 Å². The fourth-order valence-electron chi connectivity index (χ4n) is 11.7. The van der Waals surface area contributed by atoms with E-state index in [2.05, 4.69) is 285 Å². The number of fused-ring (bicyclic) bond motifs is 7. The van der Waals surface area contributed by atoms with Crippen LogP contribution >= 0.6 is 0 Å². The Balaban J connectivity index is 0.884. The molecule has 378 valence electrons. The molecule has 1 aliphatic carbocycles. The molecule has 3 aromatic heterocycles. The first kappa shape index (κ1) is 47.6. The van der Waals surface area contributed by atoms with E-state index in [0.29, 0.717) is 11.5 Å². The van der Waals surface area contributed by atoms with E-state index in [-0.39, 0.29) is 5.41 Å². The van der Waals surface area contributed by atoms with E-state index in [1.807, 2.05) is 18.3 Å².